The zero-order valence-electron chi connectivity index (χ0n) is 25.9. The van der Waals surface area contributed by atoms with Crippen LogP contribution in [0.5, 0.6) is 0 Å². The molecule has 2 aliphatic carbocycles. The van der Waals surface area contributed by atoms with E-state index in [9.17, 15) is 0 Å². The second-order valence-corrected chi connectivity index (χ2v) is 12.9. The van der Waals surface area contributed by atoms with Gasteiger partial charge >= 0.3 is 0 Å². The summed E-state index contributed by atoms with van der Waals surface area (Å²) in [7, 11) is 0. The highest BCUT2D eigenvalue weighted by Gasteiger charge is 2.31. The fraction of sp³-hybridized carbons (Fsp3) is 0. The van der Waals surface area contributed by atoms with Crippen LogP contribution >= 0.6 is 0 Å². The van der Waals surface area contributed by atoms with Crippen molar-refractivity contribution in [2.45, 2.75) is 0 Å². The molecule has 0 amide bonds. The van der Waals surface area contributed by atoms with Crippen molar-refractivity contribution in [2.24, 2.45) is 0 Å². The van der Waals surface area contributed by atoms with Gasteiger partial charge in [0.05, 0.1) is 0 Å². The molecule has 8 aromatic carbocycles. The molecular formula is C46H27NO. The summed E-state index contributed by atoms with van der Waals surface area (Å²) in [5.41, 5.74) is 18.0. The van der Waals surface area contributed by atoms with Gasteiger partial charge in [0.2, 0.25) is 0 Å². The Kier molecular flexibility index (Phi) is 5.14. The molecule has 6 bridgehead atoms. The van der Waals surface area contributed by atoms with Crippen molar-refractivity contribution >= 4 is 49.8 Å². The molecule has 1 aromatic heterocycles. The number of anilines is 3. The molecular weight excluding hydrogens is 583 g/mol. The molecule has 48 heavy (non-hydrogen) atoms. The third-order valence-corrected chi connectivity index (χ3v) is 10.3. The molecule has 1 heterocycles. The van der Waals surface area contributed by atoms with Crippen LogP contribution in [0.15, 0.2) is 168 Å². The van der Waals surface area contributed by atoms with E-state index >= 15 is 0 Å². The number of benzene rings is 8. The first-order valence-corrected chi connectivity index (χ1v) is 16.5. The first-order valence-electron chi connectivity index (χ1n) is 16.5. The number of fused-ring (bicyclic) bond motifs is 8. The van der Waals surface area contributed by atoms with Crippen LogP contribution in [-0.2, 0) is 0 Å². The number of nitrogens with zero attached hydrogens (tertiary/aromatic N) is 1. The standard InChI is InChI=1S/C46H27NO/c1-2-10-29-25-30(20-19-28(29)9-1)47(32-22-24-44-41(26-32)35-12-5-6-18-43(35)48-44)31-21-23-34-38-15-8-16-39-40-17-7-14-37(46(40)42(34)27-31)33-11-3-4-13-36(33)45(38)39/h1-27H. The summed E-state index contributed by atoms with van der Waals surface area (Å²) in [6, 6.07) is 59.8. The van der Waals surface area contributed by atoms with E-state index in [0.29, 0.717) is 0 Å². The van der Waals surface area contributed by atoms with Crippen molar-refractivity contribution in [3.8, 4) is 55.6 Å². The highest BCUT2D eigenvalue weighted by molar-refractivity contribution is 6.15. The van der Waals surface area contributed by atoms with Gasteiger partial charge in [-0.2, -0.15) is 0 Å². The van der Waals surface area contributed by atoms with E-state index < -0.39 is 0 Å². The topological polar surface area (TPSA) is 16.4 Å². The van der Waals surface area contributed by atoms with Gasteiger partial charge in [0, 0.05) is 27.8 Å². The number of furan rings is 1. The van der Waals surface area contributed by atoms with Crippen LogP contribution in [0.1, 0.15) is 0 Å². The summed E-state index contributed by atoms with van der Waals surface area (Å²) in [6.07, 6.45) is 0. The molecule has 0 fully saturated rings. The maximum atomic E-state index is 6.25. The van der Waals surface area contributed by atoms with E-state index in [1.807, 2.05) is 12.1 Å². The van der Waals surface area contributed by atoms with Crippen molar-refractivity contribution in [1.82, 2.24) is 0 Å². The largest absolute Gasteiger partial charge is 0.456 e. The van der Waals surface area contributed by atoms with Gasteiger partial charge < -0.3 is 9.32 Å². The van der Waals surface area contributed by atoms with Crippen LogP contribution in [-0.4, -0.2) is 0 Å². The van der Waals surface area contributed by atoms with Crippen molar-refractivity contribution in [2.75, 3.05) is 4.90 Å². The minimum absolute atomic E-state index is 0.895. The predicted molar refractivity (Wildman–Crippen MR) is 200 cm³/mol. The Morgan fingerprint density at radius 3 is 1.69 bits per heavy atom. The van der Waals surface area contributed by atoms with Crippen molar-refractivity contribution in [1.29, 1.82) is 0 Å². The number of hydrogen-bond donors (Lipinski definition) is 0. The van der Waals surface area contributed by atoms with Crippen LogP contribution in [0.4, 0.5) is 17.1 Å². The molecule has 0 saturated carbocycles. The lowest BCUT2D eigenvalue weighted by Gasteiger charge is -2.28. The first kappa shape index (κ1) is 25.8. The Morgan fingerprint density at radius 1 is 0.312 bits per heavy atom. The van der Waals surface area contributed by atoms with E-state index in [0.717, 1.165) is 39.0 Å². The quantitative estimate of drug-likeness (QED) is 0.198. The van der Waals surface area contributed by atoms with Gasteiger partial charge in [0.15, 0.2) is 0 Å². The molecule has 2 aliphatic rings. The molecule has 0 unspecified atom stereocenters. The molecule has 9 aromatic rings. The normalized spacial score (nSPS) is 12.2. The van der Waals surface area contributed by atoms with E-state index in [1.54, 1.807) is 0 Å². The van der Waals surface area contributed by atoms with Gasteiger partial charge in [-0.05, 0) is 115 Å². The van der Waals surface area contributed by atoms with Crippen LogP contribution in [0.2, 0.25) is 0 Å². The minimum atomic E-state index is 0.895. The van der Waals surface area contributed by atoms with Gasteiger partial charge in [-0.3, -0.25) is 0 Å². The molecule has 0 atom stereocenters. The molecule has 2 nitrogen and oxygen atoms in total. The lowest BCUT2D eigenvalue weighted by molar-refractivity contribution is 0.669. The van der Waals surface area contributed by atoms with Crippen molar-refractivity contribution in [3.63, 3.8) is 0 Å². The molecule has 222 valence electrons. The van der Waals surface area contributed by atoms with Crippen molar-refractivity contribution in [3.05, 3.63) is 164 Å². The Labute approximate surface area is 277 Å². The van der Waals surface area contributed by atoms with Crippen LogP contribution in [0, 0.1) is 0 Å². The Balaban J connectivity index is 1.20. The van der Waals surface area contributed by atoms with E-state index in [4.69, 9.17) is 4.42 Å². The summed E-state index contributed by atoms with van der Waals surface area (Å²) in [6.45, 7) is 0. The molecule has 0 saturated heterocycles. The van der Waals surface area contributed by atoms with Crippen LogP contribution < -0.4 is 4.90 Å². The second-order valence-electron chi connectivity index (χ2n) is 12.9. The fourth-order valence-electron chi connectivity index (χ4n) is 8.25. The fourth-order valence-corrected chi connectivity index (χ4v) is 8.25. The Bertz CT molecular complexity index is 2780. The predicted octanol–water partition coefficient (Wildman–Crippen LogP) is 13.2. The second kappa shape index (κ2) is 9.57. The van der Waals surface area contributed by atoms with Gasteiger partial charge in [-0.1, -0.05) is 115 Å². The molecule has 0 radical (unpaired) electrons. The lowest BCUT2D eigenvalue weighted by Crippen LogP contribution is -2.10. The lowest BCUT2D eigenvalue weighted by atomic mass is 9.83. The third kappa shape index (κ3) is 3.52. The highest BCUT2D eigenvalue weighted by atomic mass is 16.3. The third-order valence-electron chi connectivity index (χ3n) is 10.3. The number of hydrogen-bond acceptors (Lipinski definition) is 2. The Hall–Kier alpha value is -6.38. The van der Waals surface area contributed by atoms with Gasteiger partial charge in [0.1, 0.15) is 11.2 Å². The summed E-state index contributed by atoms with van der Waals surface area (Å²) < 4.78 is 6.25. The maximum Gasteiger partial charge on any atom is 0.135 e. The number of para-hydroxylation sites is 1. The smallest absolute Gasteiger partial charge is 0.135 e. The highest BCUT2D eigenvalue weighted by Crippen LogP contribution is 2.57. The Morgan fingerprint density at radius 2 is 0.854 bits per heavy atom. The van der Waals surface area contributed by atoms with Crippen LogP contribution in [0.25, 0.3) is 88.3 Å². The van der Waals surface area contributed by atoms with E-state index in [2.05, 4.69) is 157 Å². The zero-order chi connectivity index (χ0) is 31.3. The number of rotatable bonds is 3. The summed E-state index contributed by atoms with van der Waals surface area (Å²) >= 11 is 0. The average molecular weight is 610 g/mol. The molecule has 0 aliphatic heterocycles. The van der Waals surface area contributed by atoms with Gasteiger partial charge in [0.25, 0.3) is 0 Å². The van der Waals surface area contributed by atoms with Crippen LogP contribution in [0.3, 0.4) is 0 Å². The maximum absolute atomic E-state index is 6.25. The van der Waals surface area contributed by atoms with Gasteiger partial charge in [-0.25, -0.2) is 0 Å². The average Bonchev–Trinajstić information content (AvgIpc) is 3.47. The molecule has 11 rings (SSSR count). The summed E-state index contributed by atoms with van der Waals surface area (Å²) in [4.78, 5) is 2.40. The minimum Gasteiger partial charge on any atom is -0.456 e. The molecule has 0 spiro atoms. The SMILES string of the molecule is c1ccc2c(c1)-c1cccc3c1-c1cc(N(c4ccc5ccccc5c4)c4ccc5oc6ccccc6c5c4)ccc1-c1cccc-3c1-2. The zero-order valence-corrected chi connectivity index (χ0v) is 25.9. The van der Waals surface area contributed by atoms with Crippen molar-refractivity contribution < 1.29 is 4.42 Å². The van der Waals surface area contributed by atoms with Gasteiger partial charge in [-0.15, -0.1) is 0 Å². The summed E-state index contributed by atoms with van der Waals surface area (Å²) in [5, 5.41) is 4.68. The first-order chi connectivity index (χ1) is 23.8. The monoisotopic (exact) mass is 609 g/mol. The molecule has 0 N–H and O–H groups in total. The molecule has 2 heteroatoms. The summed E-state index contributed by atoms with van der Waals surface area (Å²) in [5.74, 6) is 0. The van der Waals surface area contributed by atoms with E-state index in [-0.39, 0.29) is 0 Å². The van der Waals surface area contributed by atoms with E-state index in [1.165, 1.54) is 66.4 Å².